The van der Waals surface area contributed by atoms with Crippen LogP contribution in [-0.2, 0) is 9.53 Å². The third-order valence-electron chi connectivity index (χ3n) is 3.87. The lowest BCUT2D eigenvalue weighted by Crippen LogP contribution is -2.18. The van der Waals surface area contributed by atoms with E-state index in [-0.39, 0.29) is 30.6 Å². The van der Waals surface area contributed by atoms with Crippen LogP contribution in [0.25, 0.3) is 5.65 Å². The molecule has 3 aromatic rings. The fourth-order valence-electron chi connectivity index (χ4n) is 2.74. The van der Waals surface area contributed by atoms with Crippen molar-refractivity contribution in [1.82, 2.24) is 9.38 Å². The van der Waals surface area contributed by atoms with E-state index in [4.69, 9.17) is 4.74 Å². The molecule has 0 amide bonds. The summed E-state index contributed by atoms with van der Waals surface area (Å²) in [4.78, 5) is 27.4. The van der Waals surface area contributed by atoms with Crippen LogP contribution in [0.15, 0.2) is 54.7 Å². The van der Waals surface area contributed by atoms with Crippen LogP contribution in [0.1, 0.15) is 24.9 Å². The molecule has 0 aliphatic heterocycles. The van der Waals surface area contributed by atoms with Gasteiger partial charge in [0.2, 0.25) is 11.5 Å². The molecule has 0 saturated heterocycles. The van der Waals surface area contributed by atoms with Gasteiger partial charge in [-0.25, -0.2) is 0 Å². The fourth-order valence-corrected chi connectivity index (χ4v) is 2.74. The number of ether oxygens (including phenoxy) is 1. The summed E-state index contributed by atoms with van der Waals surface area (Å²) in [6, 6.07) is 13.9. The molecule has 0 radical (unpaired) electrons. The smallest absolute Gasteiger partial charge is 0.372 e. The SMILES string of the molecule is CCOC(=O)C[C@H](Nc1nc2ccccn2c1[N+](=O)[O-])c1ccccc1. The molecule has 0 spiro atoms. The number of hydrogen-bond donors (Lipinski definition) is 1. The number of rotatable bonds is 7. The molecule has 0 fully saturated rings. The minimum Gasteiger partial charge on any atom is -0.466 e. The standard InChI is InChI=1S/C18H18N4O4/c1-2-26-16(23)12-14(13-8-4-3-5-9-13)19-17-18(22(24)25)21-11-7-6-10-15(21)20-17/h3-11,14,19H,2,12H2,1H3/t14-/m0/s1. The van der Waals surface area contributed by atoms with Gasteiger partial charge < -0.3 is 20.2 Å². The summed E-state index contributed by atoms with van der Waals surface area (Å²) in [5, 5.41) is 14.6. The van der Waals surface area contributed by atoms with Crippen molar-refractivity contribution in [1.29, 1.82) is 0 Å². The maximum absolute atomic E-state index is 12.0. The molecule has 0 unspecified atom stereocenters. The van der Waals surface area contributed by atoms with E-state index in [0.29, 0.717) is 5.65 Å². The van der Waals surface area contributed by atoms with Crippen LogP contribution in [0.4, 0.5) is 11.6 Å². The molecule has 0 aliphatic carbocycles. The van der Waals surface area contributed by atoms with Crippen LogP contribution >= 0.6 is 0 Å². The molecule has 2 heterocycles. The number of benzene rings is 1. The van der Waals surface area contributed by atoms with Gasteiger partial charge in [-0.2, -0.15) is 9.38 Å². The topological polar surface area (TPSA) is 98.8 Å². The summed E-state index contributed by atoms with van der Waals surface area (Å²) < 4.78 is 6.43. The first-order valence-electron chi connectivity index (χ1n) is 8.18. The number of nitrogens with zero attached hydrogens (tertiary/aromatic N) is 3. The number of fused-ring (bicyclic) bond motifs is 1. The van der Waals surface area contributed by atoms with E-state index in [1.165, 1.54) is 4.40 Å². The molecular weight excluding hydrogens is 336 g/mol. The lowest BCUT2D eigenvalue weighted by atomic mass is 10.0. The molecule has 26 heavy (non-hydrogen) atoms. The minimum absolute atomic E-state index is 0.0306. The highest BCUT2D eigenvalue weighted by Crippen LogP contribution is 2.30. The zero-order valence-electron chi connectivity index (χ0n) is 14.2. The maximum atomic E-state index is 12.0. The summed E-state index contributed by atoms with van der Waals surface area (Å²) in [5.74, 6) is -0.454. The Hall–Kier alpha value is -3.42. The van der Waals surface area contributed by atoms with Gasteiger partial charge in [-0.15, -0.1) is 0 Å². The highest BCUT2D eigenvalue weighted by Gasteiger charge is 2.26. The molecule has 134 valence electrons. The van der Waals surface area contributed by atoms with Crippen LogP contribution in [0.5, 0.6) is 0 Å². The lowest BCUT2D eigenvalue weighted by molar-refractivity contribution is -0.389. The third kappa shape index (κ3) is 3.64. The highest BCUT2D eigenvalue weighted by atomic mass is 16.6. The molecule has 0 bridgehead atoms. The predicted molar refractivity (Wildman–Crippen MR) is 95.9 cm³/mol. The average molecular weight is 354 g/mol. The normalized spacial score (nSPS) is 11.9. The van der Waals surface area contributed by atoms with Gasteiger partial charge in [0.1, 0.15) is 0 Å². The quantitative estimate of drug-likeness (QED) is 0.397. The van der Waals surface area contributed by atoms with Gasteiger partial charge in [0.25, 0.3) is 0 Å². The van der Waals surface area contributed by atoms with Gasteiger partial charge in [0.05, 0.1) is 25.3 Å². The molecule has 1 aromatic carbocycles. The van der Waals surface area contributed by atoms with E-state index in [2.05, 4.69) is 10.3 Å². The second-order valence-corrected chi connectivity index (χ2v) is 5.59. The first-order valence-corrected chi connectivity index (χ1v) is 8.18. The average Bonchev–Trinajstić information content (AvgIpc) is 3.00. The Morgan fingerprint density at radius 1 is 1.27 bits per heavy atom. The Bertz CT molecular complexity index is 923. The van der Waals surface area contributed by atoms with E-state index < -0.39 is 11.0 Å². The van der Waals surface area contributed by atoms with E-state index in [0.717, 1.165) is 5.56 Å². The number of nitrogens with one attached hydrogen (secondary N) is 1. The molecule has 0 aliphatic rings. The van der Waals surface area contributed by atoms with Crippen molar-refractivity contribution in [3.8, 4) is 0 Å². The number of anilines is 1. The van der Waals surface area contributed by atoms with E-state index in [1.54, 1.807) is 31.3 Å². The Morgan fingerprint density at radius 2 is 2.00 bits per heavy atom. The molecule has 8 heteroatoms. The molecule has 0 saturated carbocycles. The van der Waals surface area contributed by atoms with Crippen LogP contribution in [0, 0.1) is 10.1 Å². The van der Waals surface area contributed by atoms with E-state index in [1.807, 2.05) is 30.3 Å². The summed E-state index contributed by atoms with van der Waals surface area (Å²) in [6.45, 7) is 2.00. The van der Waals surface area contributed by atoms with Gasteiger partial charge in [0, 0.05) is 6.07 Å². The first kappa shape index (κ1) is 17.4. The van der Waals surface area contributed by atoms with E-state index >= 15 is 0 Å². The largest absolute Gasteiger partial charge is 0.466 e. The Labute approximate surface area is 149 Å². The number of hydrogen-bond acceptors (Lipinski definition) is 6. The van der Waals surface area contributed by atoms with Gasteiger partial charge in [-0.1, -0.05) is 36.4 Å². The lowest BCUT2D eigenvalue weighted by Gasteiger charge is -2.18. The van der Waals surface area contributed by atoms with E-state index in [9.17, 15) is 14.9 Å². The first-order chi connectivity index (χ1) is 12.6. The van der Waals surface area contributed by atoms with Gasteiger partial charge in [-0.3, -0.25) is 4.79 Å². The number of nitro groups is 1. The molecule has 1 N–H and O–H groups in total. The summed E-state index contributed by atoms with van der Waals surface area (Å²) in [7, 11) is 0. The fraction of sp³-hybridized carbons (Fsp3) is 0.222. The van der Waals surface area contributed by atoms with Crippen molar-refractivity contribution < 1.29 is 14.5 Å². The van der Waals surface area contributed by atoms with Crippen LogP contribution in [0.2, 0.25) is 0 Å². The number of imidazole rings is 1. The summed E-state index contributed by atoms with van der Waals surface area (Å²) in [5.41, 5.74) is 1.26. The number of carbonyl (C=O) groups excluding carboxylic acids is 1. The highest BCUT2D eigenvalue weighted by molar-refractivity contribution is 5.72. The Morgan fingerprint density at radius 3 is 2.69 bits per heavy atom. The van der Waals surface area contributed by atoms with Crippen LogP contribution in [-0.4, -0.2) is 26.9 Å². The molecule has 8 nitrogen and oxygen atoms in total. The second-order valence-electron chi connectivity index (χ2n) is 5.59. The van der Waals surface area contributed by atoms with Crippen molar-refractivity contribution >= 4 is 23.3 Å². The van der Waals surface area contributed by atoms with Crippen molar-refractivity contribution in [2.45, 2.75) is 19.4 Å². The van der Waals surface area contributed by atoms with Crippen LogP contribution < -0.4 is 5.32 Å². The molecular formula is C18H18N4O4. The maximum Gasteiger partial charge on any atom is 0.372 e. The molecule has 1 atom stereocenters. The molecule has 2 aromatic heterocycles. The predicted octanol–water partition coefficient (Wildman–Crippen LogP) is 3.35. The van der Waals surface area contributed by atoms with Crippen LogP contribution in [0.3, 0.4) is 0 Å². The monoisotopic (exact) mass is 354 g/mol. The Kier molecular flexibility index (Phi) is 5.12. The Balaban J connectivity index is 1.99. The van der Waals surface area contributed by atoms with Crippen molar-refractivity contribution in [3.63, 3.8) is 0 Å². The molecule has 3 rings (SSSR count). The van der Waals surface area contributed by atoms with Crippen molar-refractivity contribution in [2.24, 2.45) is 0 Å². The number of esters is 1. The zero-order valence-corrected chi connectivity index (χ0v) is 14.2. The van der Waals surface area contributed by atoms with Gasteiger partial charge >= 0.3 is 11.8 Å². The van der Waals surface area contributed by atoms with Crippen molar-refractivity contribution in [3.05, 3.63) is 70.4 Å². The summed E-state index contributed by atoms with van der Waals surface area (Å²) >= 11 is 0. The zero-order chi connectivity index (χ0) is 18.5. The number of aromatic nitrogens is 2. The summed E-state index contributed by atoms with van der Waals surface area (Å²) in [6.07, 6.45) is 1.61. The van der Waals surface area contributed by atoms with Gasteiger partial charge in [-0.05, 0) is 23.5 Å². The third-order valence-corrected chi connectivity index (χ3v) is 3.87. The number of pyridine rings is 1. The number of carbonyl (C=O) groups is 1. The van der Waals surface area contributed by atoms with Crippen molar-refractivity contribution in [2.75, 3.05) is 11.9 Å². The second kappa shape index (κ2) is 7.64. The van der Waals surface area contributed by atoms with Gasteiger partial charge in [0.15, 0.2) is 0 Å². The minimum atomic E-state index is -0.501.